The largest absolute Gasteiger partial charge is 0.379 e. The van der Waals surface area contributed by atoms with E-state index in [1.54, 1.807) is 0 Å². The van der Waals surface area contributed by atoms with Crippen LogP contribution in [0.2, 0.25) is 0 Å². The summed E-state index contributed by atoms with van der Waals surface area (Å²) in [7, 11) is 0. The Morgan fingerprint density at radius 1 is 1.13 bits per heavy atom. The molecule has 0 aliphatic rings. The lowest BCUT2D eigenvalue weighted by molar-refractivity contribution is 0.308. The zero-order chi connectivity index (χ0) is 11.1. The minimum Gasteiger partial charge on any atom is -0.379 e. The van der Waals surface area contributed by atoms with E-state index in [1.807, 2.05) is 20.8 Å². The third kappa shape index (κ3) is 1.67. The highest BCUT2D eigenvalue weighted by atomic mass is 16.6. The zero-order valence-electron chi connectivity index (χ0n) is 8.68. The maximum atomic E-state index is 5.50. The van der Waals surface area contributed by atoms with Crippen LogP contribution in [0.5, 0.6) is 0 Å². The van der Waals surface area contributed by atoms with Gasteiger partial charge >= 0.3 is 0 Å². The minimum absolute atomic E-state index is 0.138. The van der Waals surface area contributed by atoms with Crippen LogP contribution in [0.25, 0.3) is 11.6 Å². The van der Waals surface area contributed by atoms with Crippen LogP contribution in [0.15, 0.2) is 9.15 Å². The van der Waals surface area contributed by atoms with Crippen molar-refractivity contribution in [3.8, 4) is 11.6 Å². The van der Waals surface area contributed by atoms with Gasteiger partial charge in [0.1, 0.15) is 0 Å². The van der Waals surface area contributed by atoms with Gasteiger partial charge in [0.05, 0.1) is 0 Å². The molecule has 0 radical (unpaired) electrons. The number of nitrogens with two attached hydrogens (primary N) is 1. The third-order valence-electron chi connectivity index (χ3n) is 1.81. The number of hydrogen-bond acceptors (Lipinski definition) is 7. The van der Waals surface area contributed by atoms with Crippen LogP contribution >= 0.6 is 0 Å². The molecule has 0 spiro atoms. The van der Waals surface area contributed by atoms with Crippen molar-refractivity contribution in [1.29, 1.82) is 0 Å². The van der Waals surface area contributed by atoms with Crippen LogP contribution in [0.3, 0.4) is 0 Å². The number of aromatic nitrogens is 4. The first-order valence-electron chi connectivity index (χ1n) is 4.41. The Kier molecular flexibility index (Phi) is 1.95. The molecule has 0 amide bonds. The molecular weight excluding hydrogens is 198 g/mol. The van der Waals surface area contributed by atoms with Gasteiger partial charge in [-0.3, -0.25) is 0 Å². The summed E-state index contributed by atoms with van der Waals surface area (Å²) in [5, 5.41) is 10.8. The second-order valence-corrected chi connectivity index (χ2v) is 4.17. The molecule has 0 bridgehead atoms. The average molecular weight is 209 g/mol. The predicted octanol–water partition coefficient (Wildman–Crippen LogP) is 0.999. The first kappa shape index (κ1) is 9.63. The summed E-state index contributed by atoms with van der Waals surface area (Å²) in [5.74, 6) is 0.942. The monoisotopic (exact) mass is 209 g/mol. The average Bonchev–Trinajstić information content (AvgIpc) is 2.69. The van der Waals surface area contributed by atoms with Crippen molar-refractivity contribution < 1.29 is 9.15 Å². The lowest BCUT2D eigenvalue weighted by Gasteiger charge is -2.10. The standard InChI is InChI=1S/C8H11N5O2/c1-8(2,3)7-10-6(14-13-7)4-5(9)12-15-11-4/h1-3H3,(H2,9,12). The SMILES string of the molecule is CC(C)(C)c1noc(-c2nonc2N)n1. The fourth-order valence-electron chi connectivity index (χ4n) is 0.968. The molecule has 7 heteroatoms. The van der Waals surface area contributed by atoms with Crippen molar-refractivity contribution in [2.75, 3.05) is 5.73 Å². The topological polar surface area (TPSA) is 104 Å². The van der Waals surface area contributed by atoms with Gasteiger partial charge in [0.15, 0.2) is 5.82 Å². The van der Waals surface area contributed by atoms with Gasteiger partial charge in [0.2, 0.25) is 11.5 Å². The Morgan fingerprint density at radius 3 is 2.33 bits per heavy atom. The van der Waals surface area contributed by atoms with E-state index in [0.29, 0.717) is 5.82 Å². The molecule has 0 aliphatic heterocycles. The third-order valence-corrected chi connectivity index (χ3v) is 1.81. The Balaban J connectivity index is 2.41. The van der Waals surface area contributed by atoms with Crippen molar-refractivity contribution in [1.82, 2.24) is 20.5 Å². The predicted molar refractivity (Wildman–Crippen MR) is 50.7 cm³/mol. The van der Waals surface area contributed by atoms with Crippen molar-refractivity contribution in [3.05, 3.63) is 5.82 Å². The molecule has 2 N–H and O–H groups in total. The van der Waals surface area contributed by atoms with Crippen molar-refractivity contribution >= 4 is 5.82 Å². The van der Waals surface area contributed by atoms with E-state index in [0.717, 1.165) is 0 Å². The van der Waals surface area contributed by atoms with Crippen LogP contribution in [0.1, 0.15) is 26.6 Å². The molecule has 2 aromatic rings. The highest BCUT2D eigenvalue weighted by Gasteiger charge is 2.24. The highest BCUT2D eigenvalue weighted by molar-refractivity contribution is 5.60. The second kappa shape index (κ2) is 3.04. The molecule has 0 saturated carbocycles. The van der Waals surface area contributed by atoms with Crippen LogP contribution in [0.4, 0.5) is 5.82 Å². The van der Waals surface area contributed by atoms with Gasteiger partial charge in [0.25, 0.3) is 5.89 Å². The molecule has 7 nitrogen and oxygen atoms in total. The van der Waals surface area contributed by atoms with E-state index < -0.39 is 0 Å². The first-order valence-corrected chi connectivity index (χ1v) is 4.41. The fourth-order valence-corrected chi connectivity index (χ4v) is 0.968. The lowest BCUT2D eigenvalue weighted by Crippen LogP contribution is -2.13. The van der Waals surface area contributed by atoms with Crippen LogP contribution < -0.4 is 5.73 Å². The smallest absolute Gasteiger partial charge is 0.284 e. The molecule has 0 unspecified atom stereocenters. The number of rotatable bonds is 1. The molecular formula is C8H11N5O2. The number of anilines is 1. The maximum absolute atomic E-state index is 5.50. The molecule has 2 rings (SSSR count). The molecule has 0 fully saturated rings. The Labute approximate surface area is 85.6 Å². The van der Waals surface area contributed by atoms with Gasteiger partial charge in [-0.1, -0.05) is 25.9 Å². The highest BCUT2D eigenvalue weighted by Crippen LogP contribution is 2.24. The van der Waals surface area contributed by atoms with Crippen molar-refractivity contribution in [2.24, 2.45) is 0 Å². The van der Waals surface area contributed by atoms with E-state index in [1.165, 1.54) is 0 Å². The van der Waals surface area contributed by atoms with Crippen LogP contribution in [-0.2, 0) is 5.41 Å². The summed E-state index contributed by atoms with van der Waals surface area (Å²) < 4.78 is 9.45. The molecule has 0 saturated heterocycles. The molecule has 15 heavy (non-hydrogen) atoms. The maximum Gasteiger partial charge on any atom is 0.284 e. The van der Waals surface area contributed by atoms with Gasteiger partial charge < -0.3 is 10.3 Å². The van der Waals surface area contributed by atoms with E-state index >= 15 is 0 Å². The van der Waals surface area contributed by atoms with E-state index in [2.05, 4.69) is 25.1 Å². The lowest BCUT2D eigenvalue weighted by atomic mass is 9.96. The second-order valence-electron chi connectivity index (χ2n) is 4.17. The summed E-state index contributed by atoms with van der Waals surface area (Å²) in [6, 6.07) is 0. The molecule has 80 valence electrons. The Hall–Kier alpha value is -1.92. The quantitative estimate of drug-likeness (QED) is 0.746. The van der Waals surface area contributed by atoms with Crippen molar-refractivity contribution in [3.63, 3.8) is 0 Å². The van der Waals surface area contributed by atoms with Gasteiger partial charge in [-0.15, -0.1) is 0 Å². The minimum atomic E-state index is -0.187. The Bertz CT molecular complexity index is 467. The fraction of sp³-hybridized carbons (Fsp3) is 0.500. The molecule has 0 aliphatic carbocycles. The molecule has 0 atom stereocenters. The van der Waals surface area contributed by atoms with E-state index in [-0.39, 0.29) is 22.8 Å². The van der Waals surface area contributed by atoms with Gasteiger partial charge in [-0.05, 0) is 10.3 Å². The summed E-state index contributed by atoms with van der Waals surface area (Å²) in [4.78, 5) is 4.16. The number of nitrogens with zero attached hydrogens (tertiary/aromatic N) is 4. The summed E-state index contributed by atoms with van der Waals surface area (Å²) >= 11 is 0. The summed E-state index contributed by atoms with van der Waals surface area (Å²) in [5.41, 5.74) is 5.58. The van der Waals surface area contributed by atoms with Gasteiger partial charge in [-0.2, -0.15) is 4.98 Å². The van der Waals surface area contributed by atoms with Crippen LogP contribution in [-0.4, -0.2) is 20.5 Å². The number of hydrogen-bond donors (Lipinski definition) is 1. The van der Waals surface area contributed by atoms with E-state index in [9.17, 15) is 0 Å². The van der Waals surface area contributed by atoms with Gasteiger partial charge in [0, 0.05) is 5.41 Å². The van der Waals surface area contributed by atoms with Gasteiger partial charge in [-0.25, -0.2) is 4.63 Å². The van der Waals surface area contributed by atoms with Crippen molar-refractivity contribution in [2.45, 2.75) is 26.2 Å². The summed E-state index contributed by atoms with van der Waals surface area (Å²) in [6.07, 6.45) is 0. The molecule has 0 aromatic carbocycles. The molecule has 2 heterocycles. The Morgan fingerprint density at radius 2 is 1.87 bits per heavy atom. The van der Waals surface area contributed by atoms with Crippen LogP contribution in [0, 0.1) is 0 Å². The normalized spacial score (nSPS) is 11.9. The zero-order valence-corrected chi connectivity index (χ0v) is 8.68. The molecule has 2 aromatic heterocycles. The summed E-state index contributed by atoms with van der Waals surface area (Å²) in [6.45, 7) is 5.93. The van der Waals surface area contributed by atoms with E-state index in [4.69, 9.17) is 10.3 Å². The first-order chi connectivity index (χ1) is 6.98. The number of nitrogen functional groups attached to an aromatic ring is 1.